The molecule has 7 heteroatoms. The summed E-state index contributed by atoms with van der Waals surface area (Å²) in [6, 6.07) is 9.77. The topological polar surface area (TPSA) is 61.3 Å². The number of allylic oxidation sites excluding steroid dienone is 1. The van der Waals surface area contributed by atoms with Crippen LogP contribution >= 0.6 is 23.2 Å². The molecule has 0 amide bonds. The molecule has 0 unspecified atom stereocenters. The van der Waals surface area contributed by atoms with E-state index in [-0.39, 0.29) is 22.7 Å². The van der Waals surface area contributed by atoms with Crippen molar-refractivity contribution in [1.82, 2.24) is 9.97 Å². The van der Waals surface area contributed by atoms with Gasteiger partial charge in [0, 0.05) is 0 Å². The quantitative estimate of drug-likeness (QED) is 0.603. The molecule has 0 aliphatic rings. The van der Waals surface area contributed by atoms with Gasteiger partial charge < -0.3 is 9.47 Å². The minimum Gasteiger partial charge on any atom is -0.475 e. The number of hydrogen-bond acceptors (Lipinski definition) is 5. The number of benzene rings is 1. The molecule has 0 bridgehead atoms. The lowest BCUT2D eigenvalue weighted by molar-refractivity contribution is -0.142. The largest absolute Gasteiger partial charge is 0.475 e. The van der Waals surface area contributed by atoms with Gasteiger partial charge in [-0.15, -0.1) is 0 Å². The molecule has 0 N–H and O–H groups in total. The molecule has 5 nitrogen and oxygen atoms in total. The second kappa shape index (κ2) is 7.94. The van der Waals surface area contributed by atoms with Crippen LogP contribution in [0.15, 0.2) is 30.3 Å². The van der Waals surface area contributed by atoms with Crippen LogP contribution in [0.1, 0.15) is 18.3 Å². The van der Waals surface area contributed by atoms with E-state index in [1.54, 1.807) is 6.08 Å². The zero-order chi connectivity index (χ0) is 16.8. The molecular formula is C16H14Cl2N2O3. The van der Waals surface area contributed by atoms with E-state index < -0.39 is 5.97 Å². The van der Waals surface area contributed by atoms with Crippen molar-refractivity contribution in [1.29, 1.82) is 0 Å². The summed E-state index contributed by atoms with van der Waals surface area (Å²) in [5.74, 6) is -0.152. The molecular weight excluding hydrogens is 339 g/mol. The fourth-order valence-corrected chi connectivity index (χ4v) is 2.27. The Hall–Kier alpha value is -2.11. The molecule has 2 aromatic rings. The number of nitrogens with zero attached hydrogens (tertiary/aromatic N) is 2. The average molecular weight is 353 g/mol. The number of esters is 1. The first kappa shape index (κ1) is 17.2. The van der Waals surface area contributed by atoms with Crippen LogP contribution < -0.4 is 4.74 Å². The van der Waals surface area contributed by atoms with Gasteiger partial charge in [0.1, 0.15) is 0 Å². The minimum absolute atomic E-state index is 0.0287. The highest BCUT2D eigenvalue weighted by molar-refractivity contribution is 6.35. The van der Waals surface area contributed by atoms with Gasteiger partial charge in [-0.1, -0.05) is 53.5 Å². The van der Waals surface area contributed by atoms with Gasteiger partial charge in [0.2, 0.25) is 0 Å². The number of methoxy groups -OCH3 is 1. The molecule has 0 radical (unpaired) electrons. The van der Waals surface area contributed by atoms with E-state index in [4.69, 9.17) is 27.9 Å². The summed E-state index contributed by atoms with van der Waals surface area (Å²) in [5.41, 5.74) is 2.00. The number of carbonyl (C=O) groups excluding carboxylic acids is 1. The summed E-state index contributed by atoms with van der Waals surface area (Å²) >= 11 is 12.1. The smallest absolute Gasteiger partial charge is 0.343 e. The van der Waals surface area contributed by atoms with E-state index in [2.05, 4.69) is 14.7 Å². The van der Waals surface area contributed by atoms with Crippen molar-refractivity contribution in [3.05, 3.63) is 52.0 Å². The Labute approximate surface area is 143 Å². The lowest BCUT2D eigenvalue weighted by Crippen LogP contribution is -2.13. The first-order valence-corrected chi connectivity index (χ1v) is 7.43. The third-order valence-corrected chi connectivity index (χ3v) is 3.45. The summed E-state index contributed by atoms with van der Waals surface area (Å²) in [6.07, 6.45) is 1.76. The SMILES string of the molecule is COC(=O)COc1c(Cl)nc(/C=C(\C)c2ccccc2)nc1Cl. The number of aromatic nitrogens is 2. The van der Waals surface area contributed by atoms with Gasteiger partial charge in [0.05, 0.1) is 7.11 Å². The Bertz CT molecular complexity index is 710. The standard InChI is InChI=1S/C16H14Cl2N2O3/c1-10(11-6-4-3-5-7-11)8-12-19-15(17)14(16(18)20-12)23-9-13(21)22-2/h3-8H,9H2,1-2H3/b10-8+. The van der Waals surface area contributed by atoms with Crippen LogP contribution in [0, 0.1) is 0 Å². The number of ether oxygens (including phenoxy) is 2. The molecule has 0 aliphatic heterocycles. The molecule has 0 spiro atoms. The van der Waals surface area contributed by atoms with E-state index in [1.165, 1.54) is 7.11 Å². The highest BCUT2D eigenvalue weighted by Gasteiger charge is 2.14. The van der Waals surface area contributed by atoms with Crippen LogP contribution in [-0.2, 0) is 9.53 Å². The molecule has 23 heavy (non-hydrogen) atoms. The Morgan fingerprint density at radius 3 is 2.35 bits per heavy atom. The van der Waals surface area contributed by atoms with Gasteiger partial charge in [-0.2, -0.15) is 0 Å². The van der Waals surface area contributed by atoms with E-state index in [1.807, 2.05) is 37.3 Å². The number of rotatable bonds is 5. The van der Waals surface area contributed by atoms with Crippen LogP contribution in [-0.4, -0.2) is 29.7 Å². The van der Waals surface area contributed by atoms with Crippen LogP contribution in [0.25, 0.3) is 11.6 Å². The van der Waals surface area contributed by atoms with Crippen LogP contribution in [0.5, 0.6) is 5.75 Å². The van der Waals surface area contributed by atoms with Crippen LogP contribution in [0.4, 0.5) is 0 Å². The van der Waals surface area contributed by atoms with Crippen molar-refractivity contribution in [2.45, 2.75) is 6.92 Å². The maximum Gasteiger partial charge on any atom is 0.343 e. The molecule has 0 saturated heterocycles. The van der Waals surface area contributed by atoms with E-state index in [0.29, 0.717) is 5.82 Å². The van der Waals surface area contributed by atoms with Crippen molar-refractivity contribution in [3.8, 4) is 5.75 Å². The van der Waals surface area contributed by atoms with Crippen molar-refractivity contribution in [2.24, 2.45) is 0 Å². The Morgan fingerprint density at radius 1 is 1.17 bits per heavy atom. The van der Waals surface area contributed by atoms with Crippen molar-refractivity contribution >= 4 is 40.8 Å². The Morgan fingerprint density at radius 2 is 1.78 bits per heavy atom. The van der Waals surface area contributed by atoms with E-state index >= 15 is 0 Å². The van der Waals surface area contributed by atoms with Crippen molar-refractivity contribution in [2.75, 3.05) is 13.7 Å². The van der Waals surface area contributed by atoms with Crippen LogP contribution in [0.3, 0.4) is 0 Å². The second-order valence-electron chi connectivity index (χ2n) is 4.55. The molecule has 0 aliphatic carbocycles. The molecule has 2 rings (SSSR count). The number of halogens is 2. The third kappa shape index (κ3) is 4.68. The summed E-state index contributed by atoms with van der Waals surface area (Å²) in [4.78, 5) is 19.3. The van der Waals surface area contributed by atoms with Gasteiger partial charge in [-0.05, 0) is 24.1 Å². The maximum absolute atomic E-state index is 11.1. The Kier molecular flexibility index (Phi) is 5.96. The number of hydrogen-bond donors (Lipinski definition) is 0. The van der Waals surface area contributed by atoms with E-state index in [0.717, 1.165) is 11.1 Å². The first-order chi connectivity index (χ1) is 11.0. The molecule has 1 heterocycles. The Balaban J connectivity index is 2.24. The fourth-order valence-electron chi connectivity index (χ4n) is 1.76. The lowest BCUT2D eigenvalue weighted by atomic mass is 10.1. The summed E-state index contributed by atoms with van der Waals surface area (Å²) in [7, 11) is 1.26. The first-order valence-electron chi connectivity index (χ1n) is 6.67. The molecule has 0 saturated carbocycles. The zero-order valence-corrected chi connectivity index (χ0v) is 14.1. The third-order valence-electron chi connectivity index (χ3n) is 2.94. The molecule has 1 aromatic carbocycles. The zero-order valence-electron chi connectivity index (χ0n) is 12.5. The molecule has 120 valence electrons. The highest BCUT2D eigenvalue weighted by Crippen LogP contribution is 2.30. The predicted octanol–water partition coefficient (Wildman–Crippen LogP) is 3.90. The fraction of sp³-hybridized carbons (Fsp3) is 0.188. The minimum atomic E-state index is -0.555. The van der Waals surface area contributed by atoms with Crippen molar-refractivity contribution in [3.63, 3.8) is 0 Å². The second-order valence-corrected chi connectivity index (χ2v) is 5.27. The number of carbonyl (C=O) groups is 1. The van der Waals surface area contributed by atoms with Gasteiger partial charge >= 0.3 is 5.97 Å². The lowest BCUT2D eigenvalue weighted by Gasteiger charge is -2.08. The highest BCUT2D eigenvalue weighted by atomic mass is 35.5. The molecule has 0 fully saturated rings. The normalized spacial score (nSPS) is 11.2. The van der Waals surface area contributed by atoms with Crippen molar-refractivity contribution < 1.29 is 14.3 Å². The average Bonchev–Trinajstić information content (AvgIpc) is 2.54. The van der Waals surface area contributed by atoms with Gasteiger partial charge in [-0.3, -0.25) is 0 Å². The summed E-state index contributed by atoms with van der Waals surface area (Å²) in [6.45, 7) is 1.61. The predicted molar refractivity (Wildman–Crippen MR) is 89.6 cm³/mol. The monoisotopic (exact) mass is 352 g/mol. The molecule has 0 atom stereocenters. The molecule has 1 aromatic heterocycles. The van der Waals surface area contributed by atoms with Gasteiger partial charge in [0.25, 0.3) is 0 Å². The summed E-state index contributed by atoms with van der Waals surface area (Å²) in [5, 5.41) is 0.0574. The van der Waals surface area contributed by atoms with Crippen LogP contribution in [0.2, 0.25) is 10.3 Å². The van der Waals surface area contributed by atoms with E-state index in [9.17, 15) is 4.79 Å². The summed E-state index contributed by atoms with van der Waals surface area (Å²) < 4.78 is 9.66. The maximum atomic E-state index is 11.1. The van der Waals surface area contributed by atoms with Gasteiger partial charge in [0.15, 0.2) is 28.5 Å². The van der Waals surface area contributed by atoms with Gasteiger partial charge in [-0.25, -0.2) is 14.8 Å².